The van der Waals surface area contributed by atoms with E-state index in [9.17, 15) is 0 Å². The van der Waals surface area contributed by atoms with E-state index >= 15 is 0 Å². The maximum absolute atomic E-state index is 3.41. The molecule has 1 nitrogen and oxygen atoms in total. The molecule has 2 rings (SSSR count). The number of hydrogen-bond donors (Lipinski definition) is 1. The molecule has 1 heteroatoms. The molecule has 0 radical (unpaired) electrons. The summed E-state index contributed by atoms with van der Waals surface area (Å²) in [6, 6.07) is 15.2. The molecule has 0 aliphatic rings. The van der Waals surface area contributed by atoms with Crippen LogP contribution in [0, 0.1) is 13.8 Å². The van der Waals surface area contributed by atoms with Gasteiger partial charge in [0.1, 0.15) is 0 Å². The molecule has 0 spiro atoms. The van der Waals surface area contributed by atoms with Crippen LogP contribution in [0.1, 0.15) is 23.6 Å². The van der Waals surface area contributed by atoms with Crippen molar-refractivity contribution in [3.05, 3.63) is 59.2 Å². The van der Waals surface area contributed by atoms with E-state index in [1.54, 1.807) is 0 Å². The number of hydrogen-bond acceptors (Lipinski definition) is 1. The standard InChI is InChI=1S/C17H21N/c1-4-18-12-15-9-5-6-10-17(15)16-11-7-8-13(2)14(16)3/h5-11,18H,4,12H2,1-3H3. The maximum atomic E-state index is 3.41. The summed E-state index contributed by atoms with van der Waals surface area (Å²) in [5.41, 5.74) is 6.79. The van der Waals surface area contributed by atoms with Gasteiger partial charge in [-0.15, -0.1) is 0 Å². The minimum Gasteiger partial charge on any atom is -0.313 e. The van der Waals surface area contributed by atoms with Gasteiger partial charge in [-0.1, -0.05) is 49.4 Å². The fourth-order valence-corrected chi connectivity index (χ4v) is 2.24. The molecule has 94 valence electrons. The average molecular weight is 239 g/mol. The highest BCUT2D eigenvalue weighted by Gasteiger charge is 2.07. The Hall–Kier alpha value is -1.60. The number of aryl methyl sites for hydroxylation is 1. The summed E-state index contributed by atoms with van der Waals surface area (Å²) in [5.74, 6) is 0. The van der Waals surface area contributed by atoms with E-state index < -0.39 is 0 Å². The zero-order valence-electron chi connectivity index (χ0n) is 11.5. The highest BCUT2D eigenvalue weighted by Crippen LogP contribution is 2.28. The van der Waals surface area contributed by atoms with E-state index in [4.69, 9.17) is 0 Å². The van der Waals surface area contributed by atoms with Crippen LogP contribution < -0.4 is 5.32 Å². The lowest BCUT2D eigenvalue weighted by Gasteiger charge is -2.13. The number of benzene rings is 2. The fourth-order valence-electron chi connectivity index (χ4n) is 2.24. The van der Waals surface area contributed by atoms with E-state index in [0.717, 1.165) is 13.1 Å². The van der Waals surface area contributed by atoms with Crippen LogP contribution in [0.25, 0.3) is 11.1 Å². The molecule has 0 aromatic heterocycles. The first-order chi connectivity index (χ1) is 8.74. The van der Waals surface area contributed by atoms with Crippen molar-refractivity contribution in [1.82, 2.24) is 5.32 Å². The lowest BCUT2D eigenvalue weighted by Crippen LogP contribution is -2.12. The molecule has 18 heavy (non-hydrogen) atoms. The molecule has 0 saturated carbocycles. The van der Waals surface area contributed by atoms with Crippen molar-refractivity contribution in [2.75, 3.05) is 6.54 Å². The van der Waals surface area contributed by atoms with Crippen LogP contribution in [0.3, 0.4) is 0 Å². The zero-order chi connectivity index (χ0) is 13.0. The highest BCUT2D eigenvalue weighted by atomic mass is 14.8. The van der Waals surface area contributed by atoms with Gasteiger partial charge in [0.2, 0.25) is 0 Å². The predicted octanol–water partition coefficient (Wildman–Crippen LogP) is 4.08. The molecule has 0 atom stereocenters. The van der Waals surface area contributed by atoms with Crippen molar-refractivity contribution < 1.29 is 0 Å². The van der Waals surface area contributed by atoms with Gasteiger partial charge in [0.05, 0.1) is 0 Å². The first-order valence-electron chi connectivity index (χ1n) is 6.59. The normalized spacial score (nSPS) is 10.6. The van der Waals surface area contributed by atoms with Crippen molar-refractivity contribution in [1.29, 1.82) is 0 Å². The minimum absolute atomic E-state index is 0.931. The average Bonchev–Trinajstić information content (AvgIpc) is 2.40. The van der Waals surface area contributed by atoms with Crippen LogP contribution in [-0.4, -0.2) is 6.54 Å². The van der Waals surface area contributed by atoms with Gasteiger partial charge in [0, 0.05) is 6.54 Å². The van der Waals surface area contributed by atoms with E-state index in [-0.39, 0.29) is 0 Å². The van der Waals surface area contributed by atoms with Crippen LogP contribution in [0.15, 0.2) is 42.5 Å². The Morgan fingerprint density at radius 1 is 0.889 bits per heavy atom. The summed E-state index contributed by atoms with van der Waals surface area (Å²) >= 11 is 0. The molecule has 0 fully saturated rings. The highest BCUT2D eigenvalue weighted by molar-refractivity contribution is 5.71. The van der Waals surface area contributed by atoms with Gasteiger partial charge >= 0.3 is 0 Å². The van der Waals surface area contributed by atoms with E-state index in [0.29, 0.717) is 0 Å². The van der Waals surface area contributed by atoms with Gasteiger partial charge in [-0.3, -0.25) is 0 Å². The second-order valence-electron chi connectivity index (χ2n) is 4.68. The molecule has 0 saturated heterocycles. The van der Waals surface area contributed by atoms with Crippen LogP contribution in [0.4, 0.5) is 0 Å². The zero-order valence-corrected chi connectivity index (χ0v) is 11.5. The Balaban J connectivity index is 2.46. The van der Waals surface area contributed by atoms with E-state index in [1.807, 2.05) is 0 Å². The molecule has 0 amide bonds. The van der Waals surface area contributed by atoms with Crippen LogP contribution >= 0.6 is 0 Å². The fraction of sp³-hybridized carbons (Fsp3) is 0.294. The third kappa shape index (κ3) is 2.62. The van der Waals surface area contributed by atoms with Crippen LogP contribution in [-0.2, 0) is 6.54 Å². The van der Waals surface area contributed by atoms with Crippen molar-refractivity contribution in [3.63, 3.8) is 0 Å². The molecule has 0 aliphatic heterocycles. The molecule has 0 bridgehead atoms. The predicted molar refractivity (Wildman–Crippen MR) is 78.7 cm³/mol. The van der Waals surface area contributed by atoms with Gasteiger partial charge in [-0.2, -0.15) is 0 Å². The summed E-state index contributed by atoms with van der Waals surface area (Å²) < 4.78 is 0. The van der Waals surface area contributed by atoms with Crippen molar-refractivity contribution in [2.24, 2.45) is 0 Å². The monoisotopic (exact) mass is 239 g/mol. The number of nitrogens with one attached hydrogen (secondary N) is 1. The van der Waals surface area contributed by atoms with Gasteiger partial charge in [-0.05, 0) is 48.2 Å². The molecular formula is C17H21N. The molecule has 2 aromatic rings. The Morgan fingerprint density at radius 3 is 2.39 bits per heavy atom. The molecule has 0 heterocycles. The molecule has 2 aromatic carbocycles. The lowest BCUT2D eigenvalue weighted by atomic mass is 9.93. The summed E-state index contributed by atoms with van der Waals surface area (Å²) in [7, 11) is 0. The van der Waals surface area contributed by atoms with Crippen LogP contribution in [0.5, 0.6) is 0 Å². The van der Waals surface area contributed by atoms with Crippen molar-refractivity contribution in [3.8, 4) is 11.1 Å². The molecule has 0 aliphatic carbocycles. The number of rotatable bonds is 4. The first-order valence-corrected chi connectivity index (χ1v) is 6.59. The lowest BCUT2D eigenvalue weighted by molar-refractivity contribution is 0.728. The Labute approximate surface area is 110 Å². The van der Waals surface area contributed by atoms with Gasteiger partial charge < -0.3 is 5.32 Å². The topological polar surface area (TPSA) is 12.0 Å². The SMILES string of the molecule is CCNCc1ccccc1-c1cccc(C)c1C. The van der Waals surface area contributed by atoms with Crippen molar-refractivity contribution >= 4 is 0 Å². The van der Waals surface area contributed by atoms with E-state index in [1.165, 1.54) is 27.8 Å². The summed E-state index contributed by atoms with van der Waals surface area (Å²) in [6.07, 6.45) is 0. The summed E-state index contributed by atoms with van der Waals surface area (Å²) in [6.45, 7) is 8.45. The molecular weight excluding hydrogens is 218 g/mol. The largest absolute Gasteiger partial charge is 0.313 e. The Kier molecular flexibility index (Phi) is 4.16. The summed E-state index contributed by atoms with van der Waals surface area (Å²) in [5, 5.41) is 3.41. The third-order valence-electron chi connectivity index (χ3n) is 3.48. The first kappa shape index (κ1) is 12.8. The van der Waals surface area contributed by atoms with Crippen LogP contribution in [0.2, 0.25) is 0 Å². The van der Waals surface area contributed by atoms with E-state index in [2.05, 4.69) is 68.6 Å². The van der Waals surface area contributed by atoms with Gasteiger partial charge in [0.25, 0.3) is 0 Å². The third-order valence-corrected chi connectivity index (χ3v) is 3.48. The quantitative estimate of drug-likeness (QED) is 0.847. The maximum Gasteiger partial charge on any atom is 0.0211 e. The molecule has 0 unspecified atom stereocenters. The smallest absolute Gasteiger partial charge is 0.0211 e. The van der Waals surface area contributed by atoms with Crippen molar-refractivity contribution in [2.45, 2.75) is 27.3 Å². The second kappa shape index (κ2) is 5.83. The molecule has 1 N–H and O–H groups in total. The Morgan fingerprint density at radius 2 is 1.61 bits per heavy atom. The van der Waals surface area contributed by atoms with Gasteiger partial charge in [-0.25, -0.2) is 0 Å². The second-order valence-corrected chi connectivity index (χ2v) is 4.68. The minimum atomic E-state index is 0.931. The summed E-state index contributed by atoms with van der Waals surface area (Å²) in [4.78, 5) is 0. The van der Waals surface area contributed by atoms with Gasteiger partial charge in [0.15, 0.2) is 0 Å². The Bertz CT molecular complexity index is 529.